The summed E-state index contributed by atoms with van der Waals surface area (Å²) in [5, 5.41) is 10.7. The normalized spacial score (nSPS) is 12.3. The third-order valence-electron chi connectivity index (χ3n) is 4.02. The molecular formula is C20H19ClO3. The van der Waals surface area contributed by atoms with E-state index in [2.05, 4.69) is 0 Å². The van der Waals surface area contributed by atoms with Crippen LogP contribution in [0.15, 0.2) is 42.5 Å². The Bertz CT molecular complexity index is 776. The van der Waals surface area contributed by atoms with Gasteiger partial charge in [-0.25, -0.2) is 0 Å². The fraction of sp³-hybridized carbons (Fsp3) is 0.200. The predicted molar refractivity (Wildman–Crippen MR) is 97.0 cm³/mol. The quantitative estimate of drug-likeness (QED) is 0.442. The Morgan fingerprint density at radius 2 is 1.92 bits per heavy atom. The molecule has 1 N–H and O–H groups in total. The molecule has 0 aliphatic rings. The molecule has 0 saturated carbocycles. The van der Waals surface area contributed by atoms with Gasteiger partial charge in [0.15, 0.2) is 12.1 Å². The van der Waals surface area contributed by atoms with E-state index in [1.165, 1.54) is 6.08 Å². The molecule has 0 aromatic heterocycles. The van der Waals surface area contributed by atoms with Gasteiger partial charge in [0.2, 0.25) is 0 Å². The van der Waals surface area contributed by atoms with Crippen molar-refractivity contribution in [2.45, 2.75) is 26.2 Å². The molecule has 1 unspecified atom stereocenters. The van der Waals surface area contributed by atoms with Gasteiger partial charge in [0.1, 0.15) is 5.75 Å². The standard InChI is InChI=1S/C20H19ClO3/c1-3-13(2)18-11-14(10-16(12-22)20(18)24)4-9-19(23)15-5-7-17(21)8-6-15/h4-13,24H,3H2,1-2H3/b9-4+. The molecular weight excluding hydrogens is 324 g/mol. The molecule has 24 heavy (non-hydrogen) atoms. The van der Waals surface area contributed by atoms with Crippen molar-refractivity contribution in [1.82, 2.24) is 0 Å². The number of hydrogen-bond acceptors (Lipinski definition) is 3. The van der Waals surface area contributed by atoms with Gasteiger partial charge in [-0.15, -0.1) is 0 Å². The van der Waals surface area contributed by atoms with Gasteiger partial charge in [-0.1, -0.05) is 31.5 Å². The van der Waals surface area contributed by atoms with E-state index in [0.717, 1.165) is 6.42 Å². The molecule has 1 atom stereocenters. The van der Waals surface area contributed by atoms with Crippen molar-refractivity contribution in [3.8, 4) is 5.75 Å². The number of phenols is 1. The van der Waals surface area contributed by atoms with Gasteiger partial charge in [-0.05, 0) is 65.9 Å². The van der Waals surface area contributed by atoms with E-state index in [1.807, 2.05) is 19.9 Å². The molecule has 0 bridgehead atoms. The van der Waals surface area contributed by atoms with Gasteiger partial charge in [0.05, 0.1) is 5.56 Å². The summed E-state index contributed by atoms with van der Waals surface area (Å²) in [6.07, 6.45) is 4.56. The molecule has 4 heteroatoms. The zero-order valence-corrected chi connectivity index (χ0v) is 14.4. The van der Waals surface area contributed by atoms with Crippen LogP contribution >= 0.6 is 11.6 Å². The maximum absolute atomic E-state index is 12.2. The summed E-state index contributed by atoms with van der Waals surface area (Å²) >= 11 is 5.81. The van der Waals surface area contributed by atoms with Crippen molar-refractivity contribution in [2.24, 2.45) is 0 Å². The van der Waals surface area contributed by atoms with Crippen LogP contribution in [0.4, 0.5) is 0 Å². The van der Waals surface area contributed by atoms with Crippen molar-refractivity contribution >= 4 is 29.7 Å². The van der Waals surface area contributed by atoms with E-state index >= 15 is 0 Å². The fourth-order valence-electron chi connectivity index (χ4n) is 2.37. The number of benzene rings is 2. The molecule has 0 saturated heterocycles. The first-order valence-corrected chi connectivity index (χ1v) is 8.14. The van der Waals surface area contributed by atoms with Gasteiger partial charge < -0.3 is 5.11 Å². The number of aromatic hydroxyl groups is 1. The topological polar surface area (TPSA) is 54.4 Å². The number of halogens is 1. The van der Waals surface area contributed by atoms with Gasteiger partial charge in [0.25, 0.3) is 0 Å². The van der Waals surface area contributed by atoms with Crippen LogP contribution in [-0.4, -0.2) is 17.2 Å². The van der Waals surface area contributed by atoms with E-state index in [1.54, 1.807) is 36.4 Å². The van der Waals surface area contributed by atoms with E-state index in [9.17, 15) is 14.7 Å². The summed E-state index contributed by atoms with van der Waals surface area (Å²) in [6.45, 7) is 3.99. The first-order valence-electron chi connectivity index (χ1n) is 7.76. The number of ketones is 1. The van der Waals surface area contributed by atoms with Crippen LogP contribution in [0, 0.1) is 0 Å². The van der Waals surface area contributed by atoms with Crippen LogP contribution < -0.4 is 0 Å². The second-order valence-electron chi connectivity index (χ2n) is 5.68. The van der Waals surface area contributed by atoms with Crippen LogP contribution in [0.5, 0.6) is 5.75 Å². The highest BCUT2D eigenvalue weighted by Crippen LogP contribution is 2.32. The minimum absolute atomic E-state index is 0.0144. The summed E-state index contributed by atoms with van der Waals surface area (Å²) in [6, 6.07) is 10.0. The van der Waals surface area contributed by atoms with E-state index < -0.39 is 0 Å². The van der Waals surface area contributed by atoms with Crippen molar-refractivity contribution in [2.75, 3.05) is 0 Å². The van der Waals surface area contributed by atoms with Gasteiger partial charge in [0, 0.05) is 10.6 Å². The monoisotopic (exact) mass is 342 g/mol. The Balaban J connectivity index is 2.33. The smallest absolute Gasteiger partial charge is 0.185 e. The third-order valence-corrected chi connectivity index (χ3v) is 4.27. The lowest BCUT2D eigenvalue weighted by Gasteiger charge is -2.13. The number of rotatable bonds is 6. The van der Waals surface area contributed by atoms with E-state index in [0.29, 0.717) is 28.0 Å². The van der Waals surface area contributed by atoms with Crippen LogP contribution in [0.2, 0.25) is 5.02 Å². The number of carbonyl (C=O) groups excluding carboxylic acids is 2. The first-order chi connectivity index (χ1) is 11.5. The summed E-state index contributed by atoms with van der Waals surface area (Å²) in [7, 11) is 0. The summed E-state index contributed by atoms with van der Waals surface area (Å²) in [5.74, 6) is -0.0259. The average molecular weight is 343 g/mol. The minimum atomic E-state index is -0.155. The molecule has 0 aliphatic heterocycles. The van der Waals surface area contributed by atoms with E-state index in [-0.39, 0.29) is 23.0 Å². The Morgan fingerprint density at radius 3 is 2.50 bits per heavy atom. The highest BCUT2D eigenvalue weighted by atomic mass is 35.5. The lowest BCUT2D eigenvalue weighted by molar-refractivity contribution is 0.104. The highest BCUT2D eigenvalue weighted by molar-refractivity contribution is 6.30. The Morgan fingerprint density at radius 1 is 1.25 bits per heavy atom. The Kier molecular flexibility index (Phi) is 5.93. The highest BCUT2D eigenvalue weighted by Gasteiger charge is 2.13. The Hall–Kier alpha value is -2.39. The molecule has 0 radical (unpaired) electrons. The second-order valence-corrected chi connectivity index (χ2v) is 6.12. The number of hydrogen-bond donors (Lipinski definition) is 1. The molecule has 2 aromatic rings. The van der Waals surface area contributed by atoms with Crippen LogP contribution in [0.1, 0.15) is 58.0 Å². The average Bonchev–Trinajstić information content (AvgIpc) is 2.60. The van der Waals surface area contributed by atoms with Crippen molar-refractivity contribution in [3.63, 3.8) is 0 Å². The van der Waals surface area contributed by atoms with Crippen LogP contribution in [0.3, 0.4) is 0 Å². The summed E-state index contributed by atoms with van der Waals surface area (Å²) in [5.41, 5.74) is 2.17. The van der Waals surface area contributed by atoms with Crippen LogP contribution in [0.25, 0.3) is 6.08 Å². The lowest BCUT2D eigenvalue weighted by Crippen LogP contribution is -1.97. The van der Waals surface area contributed by atoms with Gasteiger partial charge in [-0.3, -0.25) is 9.59 Å². The van der Waals surface area contributed by atoms with Gasteiger partial charge in [-0.2, -0.15) is 0 Å². The number of aldehydes is 1. The fourth-order valence-corrected chi connectivity index (χ4v) is 2.49. The maximum Gasteiger partial charge on any atom is 0.185 e. The molecule has 3 nitrogen and oxygen atoms in total. The molecule has 0 amide bonds. The van der Waals surface area contributed by atoms with Crippen LogP contribution in [-0.2, 0) is 0 Å². The molecule has 2 aromatic carbocycles. The largest absolute Gasteiger partial charge is 0.507 e. The maximum atomic E-state index is 12.2. The Labute approximate surface area is 146 Å². The number of phenolic OH excluding ortho intramolecular Hbond substituents is 1. The molecule has 0 spiro atoms. The molecule has 0 aliphatic carbocycles. The SMILES string of the molecule is CCC(C)c1cc(/C=C/C(=O)c2ccc(Cl)cc2)cc(C=O)c1O. The molecule has 0 heterocycles. The predicted octanol–water partition coefficient (Wildman–Crippen LogP) is 5.27. The summed E-state index contributed by atoms with van der Waals surface area (Å²) in [4.78, 5) is 23.3. The minimum Gasteiger partial charge on any atom is -0.507 e. The molecule has 124 valence electrons. The molecule has 2 rings (SSSR count). The van der Waals surface area contributed by atoms with Crippen molar-refractivity contribution in [3.05, 3.63) is 69.8 Å². The third kappa shape index (κ3) is 4.12. The molecule has 0 fully saturated rings. The van der Waals surface area contributed by atoms with Crippen molar-refractivity contribution in [1.29, 1.82) is 0 Å². The second kappa shape index (κ2) is 7.93. The lowest BCUT2D eigenvalue weighted by atomic mass is 9.93. The number of carbonyl (C=O) groups is 2. The summed E-state index contributed by atoms with van der Waals surface area (Å²) < 4.78 is 0. The zero-order valence-electron chi connectivity index (χ0n) is 13.6. The van der Waals surface area contributed by atoms with Crippen molar-refractivity contribution < 1.29 is 14.7 Å². The van der Waals surface area contributed by atoms with Gasteiger partial charge >= 0.3 is 0 Å². The number of allylic oxidation sites excluding steroid dienone is 1. The van der Waals surface area contributed by atoms with E-state index in [4.69, 9.17) is 11.6 Å². The zero-order chi connectivity index (χ0) is 17.7. The first kappa shape index (κ1) is 18.0.